The molecule has 7 heteroatoms. The molecule has 0 fully saturated rings. The van der Waals surface area contributed by atoms with Crippen molar-refractivity contribution < 1.29 is 14.2 Å². The Morgan fingerprint density at radius 2 is 1.86 bits per heavy atom. The van der Waals surface area contributed by atoms with Gasteiger partial charge in [-0.2, -0.15) is 4.98 Å². The fraction of sp³-hybridized carbons (Fsp3) is 0.333. The highest BCUT2D eigenvalue weighted by molar-refractivity contribution is 5.60. The summed E-state index contributed by atoms with van der Waals surface area (Å²) >= 11 is 0. The number of hydrogen-bond donors (Lipinski definition) is 2. The minimum Gasteiger partial charge on any atom is -0.493 e. The topological polar surface area (TPSA) is 77.5 Å². The third kappa shape index (κ3) is 4.23. The average molecular weight is 304 g/mol. The van der Waals surface area contributed by atoms with Crippen molar-refractivity contribution in [3.8, 4) is 11.5 Å². The van der Waals surface area contributed by atoms with E-state index in [-0.39, 0.29) is 0 Å². The highest BCUT2D eigenvalue weighted by Gasteiger charge is 2.06. The van der Waals surface area contributed by atoms with Gasteiger partial charge in [0.05, 0.1) is 20.8 Å². The lowest BCUT2D eigenvalue weighted by Crippen LogP contribution is -2.09. The second-order valence-corrected chi connectivity index (χ2v) is 4.38. The zero-order valence-corrected chi connectivity index (χ0v) is 12.9. The van der Waals surface area contributed by atoms with Crippen LogP contribution < -0.4 is 20.1 Å². The molecular formula is C15H20N4O3. The molecule has 0 aliphatic carbocycles. The van der Waals surface area contributed by atoms with Crippen LogP contribution in [0.25, 0.3) is 0 Å². The maximum atomic E-state index is 5.27. The number of hydrogen-bond acceptors (Lipinski definition) is 7. The van der Waals surface area contributed by atoms with Crippen molar-refractivity contribution in [3.05, 3.63) is 30.5 Å². The Kier molecular flexibility index (Phi) is 5.79. The maximum Gasteiger partial charge on any atom is 0.229 e. The van der Waals surface area contributed by atoms with E-state index >= 15 is 0 Å². The van der Waals surface area contributed by atoms with Gasteiger partial charge < -0.3 is 24.8 Å². The minimum absolute atomic E-state index is 0.495. The molecule has 0 unspecified atom stereocenters. The number of nitrogens with one attached hydrogen (secondary N) is 2. The molecule has 0 aliphatic rings. The smallest absolute Gasteiger partial charge is 0.229 e. The Labute approximate surface area is 129 Å². The van der Waals surface area contributed by atoms with Gasteiger partial charge in [0, 0.05) is 31.6 Å². The van der Waals surface area contributed by atoms with Crippen molar-refractivity contribution in [3.63, 3.8) is 0 Å². The molecule has 2 aromatic rings. The van der Waals surface area contributed by atoms with Gasteiger partial charge in [0.1, 0.15) is 5.82 Å². The first-order chi connectivity index (χ1) is 10.8. The molecule has 0 atom stereocenters. The summed E-state index contributed by atoms with van der Waals surface area (Å²) in [6.07, 6.45) is 1.69. The first kappa shape index (κ1) is 15.8. The van der Waals surface area contributed by atoms with E-state index in [4.69, 9.17) is 14.2 Å². The summed E-state index contributed by atoms with van der Waals surface area (Å²) in [5.74, 6) is 2.54. The van der Waals surface area contributed by atoms with Crippen LogP contribution in [-0.2, 0) is 4.74 Å². The normalized spacial score (nSPS) is 10.1. The Bertz CT molecular complexity index is 607. The van der Waals surface area contributed by atoms with E-state index in [1.54, 1.807) is 33.6 Å². The third-order valence-corrected chi connectivity index (χ3v) is 2.91. The molecule has 0 amide bonds. The molecule has 2 rings (SSSR count). The molecular weight excluding hydrogens is 284 g/mol. The predicted octanol–water partition coefficient (Wildman–Crippen LogP) is 2.30. The maximum absolute atomic E-state index is 5.27. The fourth-order valence-electron chi connectivity index (χ4n) is 1.84. The van der Waals surface area contributed by atoms with Crippen molar-refractivity contribution in [2.45, 2.75) is 0 Å². The van der Waals surface area contributed by atoms with Gasteiger partial charge in [-0.3, -0.25) is 0 Å². The predicted molar refractivity (Wildman–Crippen MR) is 85.2 cm³/mol. The first-order valence-corrected chi connectivity index (χ1v) is 6.81. The van der Waals surface area contributed by atoms with Crippen molar-refractivity contribution >= 4 is 17.5 Å². The molecule has 7 nitrogen and oxygen atoms in total. The molecule has 2 N–H and O–H groups in total. The van der Waals surface area contributed by atoms with E-state index < -0.39 is 0 Å². The third-order valence-electron chi connectivity index (χ3n) is 2.91. The van der Waals surface area contributed by atoms with Gasteiger partial charge in [0.15, 0.2) is 11.5 Å². The van der Waals surface area contributed by atoms with Crippen LogP contribution in [0.2, 0.25) is 0 Å². The van der Waals surface area contributed by atoms with Gasteiger partial charge >= 0.3 is 0 Å². The molecule has 0 spiro atoms. The van der Waals surface area contributed by atoms with Gasteiger partial charge in [-0.15, -0.1) is 0 Å². The average Bonchev–Trinajstić information content (AvgIpc) is 2.55. The highest BCUT2D eigenvalue weighted by atomic mass is 16.5. The standard InChI is InChI=1S/C15H20N4O3/c1-20-9-8-16-14-6-7-17-15(19-14)18-11-4-5-12(21-2)13(10-11)22-3/h4-7,10H,8-9H2,1-3H3,(H2,16,17,18,19). The molecule has 0 saturated heterocycles. The number of ether oxygens (including phenoxy) is 3. The Hall–Kier alpha value is -2.54. The van der Waals surface area contributed by atoms with Crippen LogP contribution in [0, 0.1) is 0 Å². The molecule has 0 aliphatic heterocycles. The van der Waals surface area contributed by atoms with Gasteiger partial charge in [0.25, 0.3) is 0 Å². The van der Waals surface area contributed by atoms with Crippen LogP contribution in [0.5, 0.6) is 11.5 Å². The van der Waals surface area contributed by atoms with Crippen LogP contribution in [0.3, 0.4) is 0 Å². The van der Waals surface area contributed by atoms with E-state index in [2.05, 4.69) is 20.6 Å². The van der Waals surface area contributed by atoms with Crippen LogP contribution in [0.4, 0.5) is 17.5 Å². The summed E-state index contributed by atoms with van der Waals surface area (Å²) in [6, 6.07) is 7.32. The Morgan fingerprint density at radius 1 is 1.05 bits per heavy atom. The summed E-state index contributed by atoms with van der Waals surface area (Å²) in [7, 11) is 4.85. The van der Waals surface area contributed by atoms with E-state index in [9.17, 15) is 0 Å². The van der Waals surface area contributed by atoms with Crippen LogP contribution in [0.1, 0.15) is 0 Å². The van der Waals surface area contributed by atoms with Gasteiger partial charge in [-0.05, 0) is 18.2 Å². The summed E-state index contributed by atoms with van der Waals surface area (Å²) in [6.45, 7) is 1.30. The Morgan fingerprint density at radius 3 is 2.59 bits per heavy atom. The lowest BCUT2D eigenvalue weighted by Gasteiger charge is -2.11. The largest absolute Gasteiger partial charge is 0.493 e. The molecule has 1 aromatic heterocycles. The van der Waals surface area contributed by atoms with Crippen LogP contribution >= 0.6 is 0 Å². The van der Waals surface area contributed by atoms with E-state index in [1.165, 1.54) is 0 Å². The number of anilines is 3. The number of benzene rings is 1. The number of aromatic nitrogens is 2. The van der Waals surface area contributed by atoms with Crippen LogP contribution in [0.15, 0.2) is 30.5 Å². The van der Waals surface area contributed by atoms with Crippen LogP contribution in [-0.4, -0.2) is 44.4 Å². The zero-order chi connectivity index (χ0) is 15.8. The van der Waals surface area contributed by atoms with Crippen molar-refractivity contribution in [1.29, 1.82) is 0 Å². The second kappa shape index (κ2) is 8.04. The van der Waals surface area contributed by atoms with E-state index in [0.29, 0.717) is 30.6 Å². The molecule has 118 valence electrons. The second-order valence-electron chi connectivity index (χ2n) is 4.38. The lowest BCUT2D eigenvalue weighted by atomic mass is 10.3. The number of nitrogens with zero attached hydrogens (tertiary/aromatic N) is 2. The molecule has 0 radical (unpaired) electrons. The number of rotatable bonds is 8. The first-order valence-electron chi connectivity index (χ1n) is 6.81. The van der Waals surface area contributed by atoms with Crippen molar-refractivity contribution in [2.24, 2.45) is 0 Å². The minimum atomic E-state index is 0.495. The zero-order valence-electron chi connectivity index (χ0n) is 12.9. The SMILES string of the molecule is COCCNc1ccnc(Nc2ccc(OC)c(OC)c2)n1. The molecule has 0 saturated carbocycles. The fourth-order valence-corrected chi connectivity index (χ4v) is 1.84. The van der Waals surface area contributed by atoms with Crippen molar-refractivity contribution in [2.75, 3.05) is 45.1 Å². The van der Waals surface area contributed by atoms with Gasteiger partial charge in [-0.1, -0.05) is 0 Å². The van der Waals surface area contributed by atoms with Gasteiger partial charge in [0.2, 0.25) is 5.95 Å². The quantitative estimate of drug-likeness (QED) is 0.724. The summed E-state index contributed by atoms with van der Waals surface area (Å²) < 4.78 is 15.5. The molecule has 1 heterocycles. The Balaban J connectivity index is 2.08. The van der Waals surface area contributed by atoms with E-state index in [0.717, 1.165) is 11.5 Å². The monoisotopic (exact) mass is 304 g/mol. The van der Waals surface area contributed by atoms with Gasteiger partial charge in [-0.25, -0.2) is 4.98 Å². The summed E-state index contributed by atoms with van der Waals surface area (Å²) in [4.78, 5) is 8.57. The highest BCUT2D eigenvalue weighted by Crippen LogP contribution is 2.30. The lowest BCUT2D eigenvalue weighted by molar-refractivity contribution is 0.210. The molecule has 0 bridgehead atoms. The summed E-state index contributed by atoms with van der Waals surface area (Å²) in [5, 5.41) is 6.28. The molecule has 22 heavy (non-hydrogen) atoms. The molecule has 1 aromatic carbocycles. The van der Waals surface area contributed by atoms with E-state index in [1.807, 2.05) is 18.2 Å². The number of methoxy groups -OCH3 is 3. The van der Waals surface area contributed by atoms with Crippen molar-refractivity contribution in [1.82, 2.24) is 9.97 Å². The summed E-state index contributed by atoms with van der Waals surface area (Å²) in [5.41, 5.74) is 0.812.